The Kier molecular flexibility index (Phi) is 2.53. The van der Waals surface area contributed by atoms with Crippen LogP contribution in [0.1, 0.15) is 12.8 Å². The van der Waals surface area contributed by atoms with Gasteiger partial charge in [0.25, 0.3) is 0 Å². The molecule has 3 heteroatoms. The van der Waals surface area contributed by atoms with Crippen molar-refractivity contribution in [3.63, 3.8) is 0 Å². The van der Waals surface area contributed by atoms with Crippen molar-refractivity contribution in [2.45, 2.75) is 23.5 Å². The van der Waals surface area contributed by atoms with Crippen LogP contribution in [0.4, 0.5) is 0 Å². The van der Waals surface area contributed by atoms with Gasteiger partial charge in [0.1, 0.15) is 5.44 Å². The zero-order chi connectivity index (χ0) is 5.98. The second-order valence-electron chi connectivity index (χ2n) is 2.02. The largest absolute Gasteiger partial charge is 0.367 e. The highest BCUT2D eigenvalue weighted by Crippen LogP contribution is 2.18. The summed E-state index contributed by atoms with van der Waals surface area (Å²) in [6.45, 7) is 0.761. The Morgan fingerprint density at radius 2 is 2.00 bits per heavy atom. The lowest BCUT2D eigenvalue weighted by Gasteiger charge is -2.22. The van der Waals surface area contributed by atoms with Gasteiger partial charge in [-0.05, 0) is 12.8 Å². The fourth-order valence-corrected chi connectivity index (χ4v) is 1.19. The molecule has 2 atom stereocenters. The molecule has 1 saturated heterocycles. The van der Waals surface area contributed by atoms with Crippen LogP contribution in [0, 0.1) is 0 Å². The molecule has 0 aromatic heterocycles. The first-order chi connectivity index (χ1) is 3.79. The second-order valence-corrected chi connectivity index (χ2v) is 3.33. The van der Waals surface area contributed by atoms with Crippen LogP contribution in [0.15, 0.2) is 0 Å². The summed E-state index contributed by atoms with van der Waals surface area (Å²) in [4.78, 5) is 0. The topological polar surface area (TPSA) is 9.23 Å². The normalized spacial score (nSPS) is 39.8. The van der Waals surface area contributed by atoms with E-state index in [1.54, 1.807) is 0 Å². The Hall–Kier alpha value is 0.660. The van der Waals surface area contributed by atoms with Gasteiger partial charge < -0.3 is 4.74 Å². The fourth-order valence-electron chi connectivity index (χ4n) is 0.724. The van der Waals surface area contributed by atoms with E-state index in [2.05, 4.69) is 25.3 Å². The quantitative estimate of drug-likeness (QED) is 0.496. The summed E-state index contributed by atoms with van der Waals surface area (Å²) in [5.74, 6) is 0. The van der Waals surface area contributed by atoms with Crippen molar-refractivity contribution in [1.29, 1.82) is 0 Å². The van der Waals surface area contributed by atoms with E-state index in [9.17, 15) is 0 Å². The van der Waals surface area contributed by atoms with E-state index >= 15 is 0 Å². The molecule has 1 nitrogen and oxygen atoms in total. The van der Waals surface area contributed by atoms with Crippen molar-refractivity contribution in [2.24, 2.45) is 0 Å². The predicted octanol–water partition coefficient (Wildman–Crippen LogP) is 1.35. The Balaban J connectivity index is 2.19. The number of hydrogen-bond acceptors (Lipinski definition) is 3. The minimum Gasteiger partial charge on any atom is -0.367 e. The first-order valence-corrected chi connectivity index (χ1v) is 3.80. The van der Waals surface area contributed by atoms with E-state index in [0.717, 1.165) is 19.4 Å². The summed E-state index contributed by atoms with van der Waals surface area (Å²) in [6.07, 6.45) is 2.18. The number of hydrogen-bond donors (Lipinski definition) is 2. The SMILES string of the molecule is SC1CCC(S)OC1. The Morgan fingerprint density at radius 3 is 2.38 bits per heavy atom. The van der Waals surface area contributed by atoms with Gasteiger partial charge in [-0.1, -0.05) is 0 Å². The van der Waals surface area contributed by atoms with Gasteiger partial charge in [-0.15, -0.1) is 12.6 Å². The third-order valence-corrected chi connectivity index (χ3v) is 2.04. The molecule has 1 heterocycles. The smallest absolute Gasteiger partial charge is 0.100 e. The first kappa shape index (κ1) is 6.78. The molecule has 1 aliphatic heterocycles. The maximum atomic E-state index is 5.18. The van der Waals surface area contributed by atoms with Crippen molar-refractivity contribution in [2.75, 3.05) is 6.61 Å². The molecule has 2 unspecified atom stereocenters. The summed E-state index contributed by atoms with van der Waals surface area (Å²) in [5.41, 5.74) is 0.165. The minimum atomic E-state index is 0.165. The summed E-state index contributed by atoms with van der Waals surface area (Å²) in [6, 6.07) is 0. The number of thiol groups is 2. The van der Waals surface area contributed by atoms with Gasteiger partial charge in [0.15, 0.2) is 0 Å². The van der Waals surface area contributed by atoms with E-state index in [0.29, 0.717) is 5.25 Å². The van der Waals surface area contributed by atoms with Crippen molar-refractivity contribution in [3.05, 3.63) is 0 Å². The summed E-state index contributed by atoms with van der Waals surface area (Å²) in [7, 11) is 0. The van der Waals surface area contributed by atoms with Crippen molar-refractivity contribution in [1.82, 2.24) is 0 Å². The molecule has 0 saturated carbocycles. The zero-order valence-corrected chi connectivity index (χ0v) is 6.37. The molecule has 0 bridgehead atoms. The molecule has 0 aromatic rings. The van der Waals surface area contributed by atoms with E-state index < -0.39 is 0 Å². The molecule has 0 N–H and O–H groups in total. The van der Waals surface area contributed by atoms with Crippen LogP contribution >= 0.6 is 25.3 Å². The maximum absolute atomic E-state index is 5.18. The lowest BCUT2D eigenvalue weighted by atomic mass is 10.2. The highest BCUT2D eigenvalue weighted by molar-refractivity contribution is 7.81. The van der Waals surface area contributed by atoms with Crippen LogP contribution in [0.3, 0.4) is 0 Å². The van der Waals surface area contributed by atoms with Crippen molar-refractivity contribution >= 4 is 25.3 Å². The monoisotopic (exact) mass is 150 g/mol. The summed E-state index contributed by atoms with van der Waals surface area (Å²) >= 11 is 8.39. The molecule has 0 spiro atoms. The van der Waals surface area contributed by atoms with Gasteiger partial charge in [-0.2, -0.15) is 12.6 Å². The number of rotatable bonds is 0. The van der Waals surface area contributed by atoms with Crippen LogP contribution in [0.5, 0.6) is 0 Å². The summed E-state index contributed by atoms with van der Waals surface area (Å²) in [5, 5.41) is 0.443. The third-order valence-electron chi connectivity index (χ3n) is 1.23. The van der Waals surface area contributed by atoms with E-state index in [-0.39, 0.29) is 5.44 Å². The van der Waals surface area contributed by atoms with Crippen LogP contribution in [0.25, 0.3) is 0 Å². The van der Waals surface area contributed by atoms with Gasteiger partial charge in [0.05, 0.1) is 6.61 Å². The summed E-state index contributed by atoms with van der Waals surface area (Å²) < 4.78 is 5.18. The lowest BCUT2D eigenvalue weighted by molar-refractivity contribution is 0.0789. The molecule has 1 rings (SSSR count). The van der Waals surface area contributed by atoms with Crippen molar-refractivity contribution < 1.29 is 4.74 Å². The molecule has 1 aliphatic rings. The molecule has 0 aromatic carbocycles. The Bertz CT molecular complexity index is 58.8. The van der Waals surface area contributed by atoms with Crippen LogP contribution in [-0.4, -0.2) is 17.3 Å². The average molecular weight is 150 g/mol. The van der Waals surface area contributed by atoms with Gasteiger partial charge in [0, 0.05) is 5.25 Å². The van der Waals surface area contributed by atoms with Crippen LogP contribution in [0.2, 0.25) is 0 Å². The van der Waals surface area contributed by atoms with Crippen LogP contribution in [-0.2, 0) is 4.74 Å². The van der Waals surface area contributed by atoms with E-state index in [1.807, 2.05) is 0 Å². The molecule has 48 valence electrons. The van der Waals surface area contributed by atoms with Crippen LogP contribution < -0.4 is 0 Å². The van der Waals surface area contributed by atoms with E-state index in [1.165, 1.54) is 0 Å². The highest BCUT2D eigenvalue weighted by Gasteiger charge is 2.14. The molecule has 0 amide bonds. The number of ether oxygens (including phenoxy) is 1. The highest BCUT2D eigenvalue weighted by atomic mass is 32.1. The first-order valence-electron chi connectivity index (χ1n) is 2.77. The predicted molar refractivity (Wildman–Crippen MR) is 40.7 cm³/mol. The molecule has 0 aliphatic carbocycles. The van der Waals surface area contributed by atoms with Gasteiger partial charge in [-0.25, -0.2) is 0 Å². The maximum Gasteiger partial charge on any atom is 0.100 e. The molecule has 8 heavy (non-hydrogen) atoms. The van der Waals surface area contributed by atoms with Gasteiger partial charge in [-0.3, -0.25) is 0 Å². The molecular weight excluding hydrogens is 140 g/mol. The van der Waals surface area contributed by atoms with Crippen molar-refractivity contribution in [3.8, 4) is 0 Å². The van der Waals surface area contributed by atoms with Gasteiger partial charge >= 0.3 is 0 Å². The molecular formula is C5H10OS2. The minimum absolute atomic E-state index is 0.165. The zero-order valence-electron chi connectivity index (χ0n) is 4.58. The van der Waals surface area contributed by atoms with Gasteiger partial charge in [0.2, 0.25) is 0 Å². The Morgan fingerprint density at radius 1 is 1.25 bits per heavy atom. The molecule has 1 fully saturated rings. The Labute approximate surface area is 60.6 Å². The third kappa shape index (κ3) is 1.88. The standard InChI is InChI=1S/C5H10OS2/c7-4-1-2-5(8)6-3-4/h4-5,7-8H,1-3H2. The average Bonchev–Trinajstić information content (AvgIpc) is 1.77. The van der Waals surface area contributed by atoms with E-state index in [4.69, 9.17) is 4.74 Å². The lowest BCUT2D eigenvalue weighted by Crippen LogP contribution is -2.22. The fraction of sp³-hybridized carbons (Fsp3) is 1.00. The second kappa shape index (κ2) is 2.99. The molecule has 0 radical (unpaired) electrons.